The smallest absolute Gasteiger partial charge is 0.234 e. The van der Waals surface area contributed by atoms with Gasteiger partial charge < -0.3 is 9.88 Å². The molecule has 7 nitrogen and oxygen atoms in total. The number of hydrogen-bond acceptors (Lipinski definition) is 5. The van der Waals surface area contributed by atoms with Gasteiger partial charge in [0.1, 0.15) is 5.82 Å². The summed E-state index contributed by atoms with van der Waals surface area (Å²) >= 11 is 1.40. The van der Waals surface area contributed by atoms with E-state index in [4.69, 9.17) is 0 Å². The van der Waals surface area contributed by atoms with E-state index in [1.165, 1.54) is 22.9 Å². The molecule has 8 heteroatoms. The maximum absolute atomic E-state index is 12.8. The molecule has 1 N–H and O–H groups in total. The van der Waals surface area contributed by atoms with Gasteiger partial charge in [0.2, 0.25) is 5.91 Å². The summed E-state index contributed by atoms with van der Waals surface area (Å²) in [5, 5.41) is 17.1. The zero-order chi connectivity index (χ0) is 23.4. The van der Waals surface area contributed by atoms with E-state index >= 15 is 0 Å². The quantitative estimate of drug-likeness (QED) is 0.385. The molecule has 0 saturated carbocycles. The average molecular weight is 461 g/mol. The predicted molar refractivity (Wildman–Crippen MR) is 132 cm³/mol. The summed E-state index contributed by atoms with van der Waals surface area (Å²) in [4.78, 5) is 12.8. The number of anilines is 1. The maximum Gasteiger partial charge on any atom is 0.234 e. The predicted octanol–water partition coefficient (Wildman–Crippen LogP) is 4.73. The largest absolute Gasteiger partial charge is 0.322 e. The number of benzene rings is 2. The summed E-state index contributed by atoms with van der Waals surface area (Å²) in [6.45, 7) is 8.74. The van der Waals surface area contributed by atoms with E-state index in [1.807, 2.05) is 48.9 Å². The van der Waals surface area contributed by atoms with Crippen LogP contribution in [0.3, 0.4) is 0 Å². The molecule has 0 aliphatic rings. The van der Waals surface area contributed by atoms with Crippen LogP contribution in [-0.2, 0) is 17.8 Å². The van der Waals surface area contributed by atoms with Gasteiger partial charge in [-0.25, -0.2) is 4.68 Å². The van der Waals surface area contributed by atoms with E-state index in [2.05, 4.69) is 63.3 Å². The van der Waals surface area contributed by atoms with Crippen molar-refractivity contribution in [2.75, 3.05) is 11.1 Å². The highest BCUT2D eigenvalue weighted by Gasteiger charge is 2.17. The van der Waals surface area contributed by atoms with Gasteiger partial charge in [0.05, 0.1) is 28.5 Å². The topological polar surface area (TPSA) is 77.6 Å². The Bertz CT molecular complexity index is 1240. The van der Waals surface area contributed by atoms with Crippen LogP contribution in [0.5, 0.6) is 0 Å². The third kappa shape index (κ3) is 5.17. The van der Waals surface area contributed by atoms with Gasteiger partial charge in [-0.15, -0.1) is 10.2 Å². The van der Waals surface area contributed by atoms with Crippen LogP contribution in [0.15, 0.2) is 59.8 Å². The molecule has 0 aliphatic carbocycles. The number of carbonyl (C=O) groups is 1. The molecule has 4 rings (SSSR count). The molecule has 0 saturated heterocycles. The van der Waals surface area contributed by atoms with Crippen LogP contribution in [0.25, 0.3) is 5.69 Å². The molecular weight excluding hydrogens is 432 g/mol. The van der Waals surface area contributed by atoms with Crippen LogP contribution in [0, 0.1) is 20.8 Å². The Balaban J connectivity index is 1.42. The molecule has 2 aromatic heterocycles. The highest BCUT2D eigenvalue weighted by Crippen LogP contribution is 2.24. The lowest BCUT2D eigenvalue weighted by molar-refractivity contribution is -0.113. The van der Waals surface area contributed by atoms with Crippen LogP contribution in [-0.4, -0.2) is 36.2 Å². The van der Waals surface area contributed by atoms with Crippen molar-refractivity contribution in [2.45, 2.75) is 45.8 Å². The number of nitrogens with zero attached hydrogens (tertiary/aromatic N) is 5. The van der Waals surface area contributed by atoms with E-state index in [0.29, 0.717) is 6.42 Å². The second-order valence-electron chi connectivity index (χ2n) is 7.94. The Morgan fingerprint density at radius 2 is 1.73 bits per heavy atom. The van der Waals surface area contributed by atoms with Gasteiger partial charge in [-0.1, -0.05) is 59.8 Å². The zero-order valence-electron chi connectivity index (χ0n) is 19.4. The van der Waals surface area contributed by atoms with Crippen molar-refractivity contribution in [1.82, 2.24) is 24.5 Å². The summed E-state index contributed by atoms with van der Waals surface area (Å²) < 4.78 is 3.93. The Morgan fingerprint density at radius 1 is 1.00 bits per heavy atom. The van der Waals surface area contributed by atoms with Crippen molar-refractivity contribution in [3.8, 4) is 5.69 Å². The van der Waals surface area contributed by atoms with Gasteiger partial charge in [-0.2, -0.15) is 5.10 Å². The lowest BCUT2D eigenvalue weighted by atomic mass is 10.1. The molecular formula is C25H28N6OS. The van der Waals surface area contributed by atoms with Crippen molar-refractivity contribution in [2.24, 2.45) is 0 Å². The second kappa shape index (κ2) is 10.0. The molecule has 2 heterocycles. The first-order valence-electron chi connectivity index (χ1n) is 11.0. The third-order valence-electron chi connectivity index (χ3n) is 5.48. The highest BCUT2D eigenvalue weighted by molar-refractivity contribution is 7.99. The molecule has 2 aromatic carbocycles. The minimum atomic E-state index is -0.0927. The molecule has 1 amide bonds. The molecule has 0 bridgehead atoms. The van der Waals surface area contributed by atoms with E-state index in [9.17, 15) is 4.79 Å². The molecule has 4 aromatic rings. The normalized spacial score (nSPS) is 11.0. The number of thioether (sulfide) groups is 1. The number of aryl methyl sites for hydroxylation is 2. The van der Waals surface area contributed by atoms with Gasteiger partial charge in [0.15, 0.2) is 5.16 Å². The molecule has 0 atom stereocenters. The minimum absolute atomic E-state index is 0.0927. The lowest BCUT2D eigenvalue weighted by Gasteiger charge is -2.09. The van der Waals surface area contributed by atoms with Crippen molar-refractivity contribution < 1.29 is 4.79 Å². The number of amides is 1. The van der Waals surface area contributed by atoms with E-state index in [1.54, 1.807) is 0 Å². The molecule has 0 spiro atoms. The second-order valence-corrected chi connectivity index (χ2v) is 8.88. The van der Waals surface area contributed by atoms with Crippen molar-refractivity contribution in [3.05, 3.63) is 82.9 Å². The van der Waals surface area contributed by atoms with Crippen LogP contribution < -0.4 is 5.32 Å². The summed E-state index contributed by atoms with van der Waals surface area (Å²) in [5.41, 5.74) is 5.79. The van der Waals surface area contributed by atoms with Crippen LogP contribution in [0.2, 0.25) is 0 Å². The first kappa shape index (κ1) is 22.8. The van der Waals surface area contributed by atoms with Crippen molar-refractivity contribution >= 4 is 23.4 Å². The van der Waals surface area contributed by atoms with Crippen LogP contribution >= 0.6 is 11.8 Å². The molecule has 0 aliphatic heterocycles. The fraction of sp³-hybridized carbons (Fsp3) is 0.280. The third-order valence-corrected chi connectivity index (χ3v) is 6.45. The number of nitrogens with one attached hydrogen (secondary N) is 1. The van der Waals surface area contributed by atoms with Crippen LogP contribution in [0.4, 0.5) is 5.69 Å². The van der Waals surface area contributed by atoms with Gasteiger partial charge in [-0.3, -0.25) is 4.79 Å². The molecule has 170 valence electrons. The Hall–Kier alpha value is -3.39. The number of hydrogen-bond donors (Lipinski definition) is 1. The fourth-order valence-corrected chi connectivity index (χ4v) is 4.54. The molecule has 0 fully saturated rings. The zero-order valence-corrected chi connectivity index (χ0v) is 20.2. The minimum Gasteiger partial charge on any atom is -0.322 e. The monoisotopic (exact) mass is 460 g/mol. The first-order chi connectivity index (χ1) is 16.0. The highest BCUT2D eigenvalue weighted by atomic mass is 32.2. The first-order valence-corrected chi connectivity index (χ1v) is 12.0. The SMILES string of the molecule is CCn1c(Cc2ccccc2)nnc1SCC(=O)Nc1c(C)nn(-c2ccc(C)cc2)c1C. The van der Waals surface area contributed by atoms with Gasteiger partial charge in [0, 0.05) is 13.0 Å². The van der Waals surface area contributed by atoms with E-state index in [-0.39, 0.29) is 11.7 Å². The van der Waals surface area contributed by atoms with Gasteiger partial charge in [0.25, 0.3) is 0 Å². The maximum atomic E-state index is 12.8. The van der Waals surface area contributed by atoms with Crippen molar-refractivity contribution in [1.29, 1.82) is 0 Å². The Morgan fingerprint density at radius 3 is 2.42 bits per heavy atom. The summed E-state index contributed by atoms with van der Waals surface area (Å²) in [7, 11) is 0. The standard InChI is InChI=1S/C25H28N6OS/c1-5-30-22(15-20-9-7-6-8-10-20)27-28-25(30)33-16-23(32)26-24-18(3)29-31(19(24)4)21-13-11-17(2)12-14-21/h6-14H,5,15-16H2,1-4H3,(H,26,32). The Labute approximate surface area is 198 Å². The Kier molecular flexibility index (Phi) is 6.93. The van der Waals surface area contributed by atoms with E-state index < -0.39 is 0 Å². The molecule has 0 unspecified atom stereocenters. The van der Waals surface area contributed by atoms with E-state index in [0.717, 1.165) is 40.3 Å². The lowest BCUT2D eigenvalue weighted by Crippen LogP contribution is -2.16. The van der Waals surface area contributed by atoms with Gasteiger partial charge >= 0.3 is 0 Å². The molecule has 0 radical (unpaired) electrons. The number of carbonyl (C=O) groups excluding carboxylic acids is 1. The van der Waals surface area contributed by atoms with Gasteiger partial charge in [-0.05, 0) is 45.4 Å². The summed E-state index contributed by atoms with van der Waals surface area (Å²) in [6.07, 6.45) is 0.713. The number of aromatic nitrogens is 5. The summed E-state index contributed by atoms with van der Waals surface area (Å²) in [5.74, 6) is 1.06. The molecule has 33 heavy (non-hydrogen) atoms. The van der Waals surface area contributed by atoms with Crippen molar-refractivity contribution in [3.63, 3.8) is 0 Å². The fourth-order valence-electron chi connectivity index (χ4n) is 3.72. The van der Waals surface area contributed by atoms with Crippen LogP contribution in [0.1, 0.15) is 35.3 Å². The number of rotatable bonds is 8. The summed E-state index contributed by atoms with van der Waals surface area (Å²) in [6, 6.07) is 18.4. The average Bonchev–Trinajstić information content (AvgIpc) is 3.33.